The number of carbonyl (C=O) groups excluding carboxylic acids is 2. The normalized spacial score (nSPS) is 10.2. The summed E-state index contributed by atoms with van der Waals surface area (Å²) in [5.74, 6) is -0.640. The number of benzene rings is 2. The smallest absolute Gasteiger partial charge is 0.269 e. The summed E-state index contributed by atoms with van der Waals surface area (Å²) in [4.78, 5) is 23.8. The molecule has 0 aliphatic rings. The van der Waals surface area contributed by atoms with Crippen molar-refractivity contribution in [1.29, 1.82) is 0 Å². The molecule has 2 aromatic carbocycles. The molecule has 0 heterocycles. The number of carbonyl (C=O) groups is 2. The van der Waals surface area contributed by atoms with Gasteiger partial charge in [0.25, 0.3) is 5.91 Å². The van der Waals surface area contributed by atoms with Crippen LogP contribution in [0.1, 0.15) is 27.9 Å². The number of hydrazine groups is 1. The predicted octanol–water partition coefficient (Wildman–Crippen LogP) is 3.70. The zero-order chi connectivity index (χ0) is 16.8. The summed E-state index contributed by atoms with van der Waals surface area (Å²) in [6.07, 6.45) is 0.664. The van der Waals surface area contributed by atoms with Crippen LogP contribution in [0.5, 0.6) is 0 Å². The molecule has 0 aliphatic heterocycles. The van der Waals surface area contributed by atoms with Gasteiger partial charge in [-0.15, -0.1) is 0 Å². The lowest BCUT2D eigenvalue weighted by atomic mass is 10.1. The lowest BCUT2D eigenvalue weighted by Crippen LogP contribution is -2.41. The van der Waals surface area contributed by atoms with Crippen LogP contribution >= 0.6 is 23.2 Å². The number of hydrogen-bond acceptors (Lipinski definition) is 2. The Morgan fingerprint density at radius 3 is 2.48 bits per heavy atom. The van der Waals surface area contributed by atoms with Crippen LogP contribution in [-0.4, -0.2) is 11.8 Å². The topological polar surface area (TPSA) is 58.2 Å². The molecule has 0 atom stereocenters. The summed E-state index contributed by atoms with van der Waals surface area (Å²) in [6.45, 7) is 1.83. The SMILES string of the molecule is Cc1ccccc1C(=O)NNC(=O)CCc1ccc(Cl)cc1Cl. The van der Waals surface area contributed by atoms with Crippen molar-refractivity contribution in [2.75, 3.05) is 0 Å². The van der Waals surface area contributed by atoms with E-state index in [1.807, 2.05) is 19.1 Å². The zero-order valence-corrected chi connectivity index (χ0v) is 14.0. The molecule has 2 amide bonds. The van der Waals surface area contributed by atoms with E-state index >= 15 is 0 Å². The van der Waals surface area contributed by atoms with Crippen molar-refractivity contribution in [2.24, 2.45) is 0 Å². The monoisotopic (exact) mass is 350 g/mol. The molecule has 4 nitrogen and oxygen atoms in total. The number of rotatable bonds is 4. The Kier molecular flexibility index (Phi) is 6.02. The lowest BCUT2D eigenvalue weighted by molar-refractivity contribution is -0.121. The van der Waals surface area contributed by atoms with Crippen LogP contribution in [0.4, 0.5) is 0 Å². The van der Waals surface area contributed by atoms with E-state index in [1.54, 1.807) is 30.3 Å². The van der Waals surface area contributed by atoms with Gasteiger partial charge in [0, 0.05) is 22.0 Å². The maximum atomic E-state index is 12.0. The minimum Gasteiger partial charge on any atom is -0.273 e. The van der Waals surface area contributed by atoms with Gasteiger partial charge in [-0.2, -0.15) is 0 Å². The maximum Gasteiger partial charge on any atom is 0.269 e. The molecule has 120 valence electrons. The first-order chi connectivity index (χ1) is 11.0. The highest BCUT2D eigenvalue weighted by molar-refractivity contribution is 6.35. The molecular weight excluding hydrogens is 335 g/mol. The van der Waals surface area contributed by atoms with Crippen molar-refractivity contribution < 1.29 is 9.59 Å². The average molecular weight is 351 g/mol. The van der Waals surface area contributed by atoms with E-state index in [4.69, 9.17) is 23.2 Å². The highest BCUT2D eigenvalue weighted by Crippen LogP contribution is 2.21. The van der Waals surface area contributed by atoms with Crippen molar-refractivity contribution in [1.82, 2.24) is 10.9 Å². The fourth-order valence-corrected chi connectivity index (χ4v) is 2.56. The average Bonchev–Trinajstić information content (AvgIpc) is 2.52. The third-order valence-electron chi connectivity index (χ3n) is 3.34. The summed E-state index contributed by atoms with van der Waals surface area (Å²) in [7, 11) is 0. The third-order valence-corrected chi connectivity index (χ3v) is 3.93. The van der Waals surface area contributed by atoms with Gasteiger partial charge in [0.1, 0.15) is 0 Å². The number of aryl methyl sites for hydroxylation is 2. The predicted molar refractivity (Wildman–Crippen MR) is 91.6 cm³/mol. The molecule has 0 aliphatic carbocycles. The number of halogens is 2. The Bertz CT molecular complexity index is 732. The molecule has 2 aromatic rings. The van der Waals surface area contributed by atoms with E-state index in [1.165, 1.54) is 0 Å². The van der Waals surface area contributed by atoms with Crippen LogP contribution in [-0.2, 0) is 11.2 Å². The van der Waals surface area contributed by atoms with Crippen LogP contribution in [0.15, 0.2) is 42.5 Å². The Balaban J connectivity index is 1.83. The molecule has 0 saturated carbocycles. The molecule has 0 unspecified atom stereocenters. The van der Waals surface area contributed by atoms with Crippen molar-refractivity contribution in [3.8, 4) is 0 Å². The second-order valence-corrected chi connectivity index (χ2v) is 5.90. The fourth-order valence-electron chi connectivity index (χ4n) is 2.06. The Morgan fingerprint density at radius 1 is 1.04 bits per heavy atom. The van der Waals surface area contributed by atoms with Gasteiger partial charge >= 0.3 is 0 Å². The highest BCUT2D eigenvalue weighted by atomic mass is 35.5. The molecule has 0 aromatic heterocycles. The van der Waals surface area contributed by atoms with E-state index in [2.05, 4.69) is 10.9 Å². The second kappa shape index (κ2) is 7.99. The molecule has 23 heavy (non-hydrogen) atoms. The van der Waals surface area contributed by atoms with E-state index in [0.717, 1.165) is 11.1 Å². The Morgan fingerprint density at radius 2 is 1.78 bits per heavy atom. The minimum atomic E-state index is -0.346. The number of amides is 2. The summed E-state index contributed by atoms with van der Waals surface area (Å²) in [5.41, 5.74) is 7.00. The van der Waals surface area contributed by atoms with E-state index in [0.29, 0.717) is 22.0 Å². The van der Waals surface area contributed by atoms with Crippen molar-refractivity contribution in [2.45, 2.75) is 19.8 Å². The molecule has 2 rings (SSSR count). The van der Waals surface area contributed by atoms with E-state index in [9.17, 15) is 9.59 Å². The van der Waals surface area contributed by atoms with E-state index in [-0.39, 0.29) is 18.2 Å². The molecule has 0 spiro atoms. The molecule has 0 saturated heterocycles. The first kappa shape index (κ1) is 17.3. The number of hydrogen-bond donors (Lipinski definition) is 2. The van der Waals surface area contributed by atoms with Crippen molar-refractivity contribution in [3.05, 3.63) is 69.2 Å². The van der Waals surface area contributed by atoms with Crippen LogP contribution in [0.25, 0.3) is 0 Å². The molecule has 0 fully saturated rings. The summed E-state index contributed by atoms with van der Waals surface area (Å²) < 4.78 is 0. The molecule has 2 N–H and O–H groups in total. The quantitative estimate of drug-likeness (QED) is 0.826. The molecule has 0 bridgehead atoms. The largest absolute Gasteiger partial charge is 0.273 e. The number of nitrogens with one attached hydrogen (secondary N) is 2. The first-order valence-electron chi connectivity index (χ1n) is 7.06. The van der Waals surface area contributed by atoms with Gasteiger partial charge in [-0.1, -0.05) is 47.5 Å². The van der Waals surface area contributed by atoms with Gasteiger partial charge in [0.15, 0.2) is 0 Å². The minimum absolute atomic E-state index is 0.204. The summed E-state index contributed by atoms with van der Waals surface area (Å²) in [6, 6.07) is 12.3. The van der Waals surface area contributed by atoms with Crippen LogP contribution in [0, 0.1) is 6.92 Å². The Labute approximate surface area is 144 Å². The van der Waals surface area contributed by atoms with Gasteiger partial charge in [-0.05, 0) is 42.7 Å². The van der Waals surface area contributed by atoms with Gasteiger partial charge < -0.3 is 0 Å². The van der Waals surface area contributed by atoms with Gasteiger partial charge in [-0.25, -0.2) is 0 Å². The van der Waals surface area contributed by atoms with Gasteiger partial charge in [0.2, 0.25) is 5.91 Å². The maximum absolute atomic E-state index is 12.0. The summed E-state index contributed by atoms with van der Waals surface area (Å²) >= 11 is 11.9. The standard InChI is InChI=1S/C17H16Cl2N2O2/c1-11-4-2-3-5-14(11)17(23)21-20-16(22)9-7-12-6-8-13(18)10-15(12)19/h2-6,8,10H,7,9H2,1H3,(H,20,22)(H,21,23). The van der Waals surface area contributed by atoms with Crippen LogP contribution in [0.2, 0.25) is 10.0 Å². The second-order valence-electron chi connectivity index (χ2n) is 5.05. The van der Waals surface area contributed by atoms with E-state index < -0.39 is 0 Å². The van der Waals surface area contributed by atoms with Crippen LogP contribution in [0.3, 0.4) is 0 Å². The highest BCUT2D eigenvalue weighted by Gasteiger charge is 2.10. The fraction of sp³-hybridized carbons (Fsp3) is 0.176. The van der Waals surface area contributed by atoms with Crippen molar-refractivity contribution in [3.63, 3.8) is 0 Å². The molecule has 6 heteroatoms. The van der Waals surface area contributed by atoms with Crippen molar-refractivity contribution >= 4 is 35.0 Å². The van der Waals surface area contributed by atoms with Gasteiger partial charge in [-0.3, -0.25) is 20.4 Å². The first-order valence-corrected chi connectivity index (χ1v) is 7.81. The Hall–Kier alpha value is -2.04. The van der Waals surface area contributed by atoms with Gasteiger partial charge in [0.05, 0.1) is 0 Å². The molecule has 0 radical (unpaired) electrons. The third kappa shape index (κ3) is 4.98. The zero-order valence-electron chi connectivity index (χ0n) is 12.5. The summed E-state index contributed by atoms with van der Waals surface area (Å²) in [5, 5.41) is 1.07. The van der Waals surface area contributed by atoms with Crippen LogP contribution < -0.4 is 10.9 Å². The lowest BCUT2D eigenvalue weighted by Gasteiger charge is -2.09. The molecular formula is C17H16Cl2N2O2.